The minimum atomic E-state index is -0.0881. The number of amides is 1. The van der Waals surface area contributed by atoms with Gasteiger partial charge in [-0.25, -0.2) is 0 Å². The van der Waals surface area contributed by atoms with Gasteiger partial charge in [0.1, 0.15) is 0 Å². The molecule has 3 N–H and O–H groups in total. The number of aromatic amines is 1. The molecule has 6 heteroatoms. The minimum Gasteiger partial charge on any atom is -0.395 e. The van der Waals surface area contributed by atoms with Crippen molar-refractivity contribution in [2.45, 2.75) is 45.7 Å². The predicted octanol–water partition coefficient (Wildman–Crippen LogP) is 1.25. The van der Waals surface area contributed by atoms with Crippen molar-refractivity contribution in [3.8, 4) is 0 Å². The van der Waals surface area contributed by atoms with Gasteiger partial charge in [0, 0.05) is 32.2 Å². The fraction of sp³-hybridized carbons (Fsp3) is 0.714. The number of hydrogen-bond donors (Lipinski definition) is 2. The standard InChI is InChI=1S/C14H25N5O/c1-9(2)19-7-5-11(6-8-19)18(4)14(20)13-12(15)10(3)16-17-13/h9,11H,5-8,15H2,1-4H3,(H,16,17). The molecule has 20 heavy (non-hydrogen) atoms. The third-order valence-electron chi connectivity index (χ3n) is 4.29. The van der Waals surface area contributed by atoms with Crippen LogP contribution in [0.4, 0.5) is 5.69 Å². The second-order valence-corrected chi connectivity index (χ2v) is 5.89. The molecule has 0 saturated carbocycles. The molecule has 112 valence electrons. The summed E-state index contributed by atoms with van der Waals surface area (Å²) in [7, 11) is 1.85. The second kappa shape index (κ2) is 5.83. The molecule has 1 aliphatic rings. The van der Waals surface area contributed by atoms with Gasteiger partial charge in [-0.1, -0.05) is 0 Å². The summed E-state index contributed by atoms with van der Waals surface area (Å²) in [5.41, 5.74) is 7.43. The van der Waals surface area contributed by atoms with E-state index in [-0.39, 0.29) is 11.9 Å². The van der Waals surface area contributed by atoms with Crippen LogP contribution in [0.3, 0.4) is 0 Å². The molecule has 0 unspecified atom stereocenters. The van der Waals surface area contributed by atoms with Crippen LogP contribution in [-0.4, -0.2) is 58.1 Å². The first-order chi connectivity index (χ1) is 9.41. The van der Waals surface area contributed by atoms with E-state index in [1.807, 2.05) is 14.0 Å². The zero-order valence-corrected chi connectivity index (χ0v) is 12.8. The van der Waals surface area contributed by atoms with E-state index in [9.17, 15) is 4.79 Å². The van der Waals surface area contributed by atoms with E-state index >= 15 is 0 Å². The predicted molar refractivity (Wildman–Crippen MR) is 79.6 cm³/mol. The van der Waals surface area contributed by atoms with Crippen molar-refractivity contribution < 1.29 is 4.79 Å². The average molecular weight is 279 g/mol. The normalized spacial score (nSPS) is 17.6. The fourth-order valence-corrected chi connectivity index (χ4v) is 2.72. The number of carbonyl (C=O) groups excluding carboxylic acids is 1. The lowest BCUT2D eigenvalue weighted by molar-refractivity contribution is 0.0611. The number of nitrogen functional groups attached to an aromatic ring is 1. The molecule has 1 fully saturated rings. The number of H-pyrrole nitrogens is 1. The van der Waals surface area contributed by atoms with Crippen LogP contribution in [0.15, 0.2) is 0 Å². The maximum absolute atomic E-state index is 12.4. The van der Waals surface area contributed by atoms with Crippen molar-refractivity contribution in [1.82, 2.24) is 20.0 Å². The smallest absolute Gasteiger partial charge is 0.276 e. The lowest BCUT2D eigenvalue weighted by Crippen LogP contribution is -2.47. The largest absolute Gasteiger partial charge is 0.395 e. The third-order valence-corrected chi connectivity index (χ3v) is 4.29. The van der Waals surface area contributed by atoms with Gasteiger partial charge in [-0.15, -0.1) is 0 Å². The Hall–Kier alpha value is -1.56. The average Bonchev–Trinajstić information content (AvgIpc) is 2.77. The second-order valence-electron chi connectivity index (χ2n) is 5.89. The van der Waals surface area contributed by atoms with E-state index in [1.165, 1.54) is 0 Å². The molecular weight excluding hydrogens is 254 g/mol. The maximum Gasteiger partial charge on any atom is 0.276 e. The fourth-order valence-electron chi connectivity index (χ4n) is 2.72. The molecule has 1 aliphatic heterocycles. The van der Waals surface area contributed by atoms with Gasteiger partial charge in [0.15, 0.2) is 5.69 Å². The van der Waals surface area contributed by atoms with Crippen LogP contribution in [0, 0.1) is 6.92 Å². The summed E-state index contributed by atoms with van der Waals surface area (Å²) in [6.07, 6.45) is 2.01. The van der Waals surface area contributed by atoms with Gasteiger partial charge in [-0.3, -0.25) is 9.89 Å². The zero-order chi connectivity index (χ0) is 14.9. The highest BCUT2D eigenvalue weighted by Crippen LogP contribution is 2.21. The Morgan fingerprint density at radius 1 is 1.45 bits per heavy atom. The molecule has 0 radical (unpaired) electrons. The number of hydrogen-bond acceptors (Lipinski definition) is 4. The summed E-state index contributed by atoms with van der Waals surface area (Å²) in [4.78, 5) is 16.7. The van der Waals surface area contributed by atoms with Crippen molar-refractivity contribution in [3.05, 3.63) is 11.4 Å². The Balaban J connectivity index is 2.00. The highest BCUT2D eigenvalue weighted by atomic mass is 16.2. The van der Waals surface area contributed by atoms with Crippen LogP contribution in [0.5, 0.6) is 0 Å². The number of nitrogens with zero attached hydrogens (tertiary/aromatic N) is 3. The van der Waals surface area contributed by atoms with Gasteiger partial charge in [-0.05, 0) is 33.6 Å². The SMILES string of the molecule is Cc1[nH]nc(C(=O)N(C)C2CCN(C(C)C)CC2)c1N. The summed E-state index contributed by atoms with van der Waals surface area (Å²) >= 11 is 0. The first-order valence-corrected chi connectivity index (χ1v) is 7.23. The topological polar surface area (TPSA) is 78.2 Å². The van der Waals surface area contributed by atoms with Crippen LogP contribution in [0.1, 0.15) is 42.9 Å². The number of nitrogens with one attached hydrogen (secondary N) is 1. The quantitative estimate of drug-likeness (QED) is 0.872. The Morgan fingerprint density at radius 2 is 2.05 bits per heavy atom. The lowest BCUT2D eigenvalue weighted by Gasteiger charge is -2.38. The molecular formula is C14H25N5O. The highest BCUT2D eigenvalue weighted by molar-refractivity contribution is 5.97. The van der Waals surface area contributed by atoms with E-state index in [0.717, 1.165) is 31.6 Å². The van der Waals surface area contributed by atoms with Gasteiger partial charge in [0.2, 0.25) is 0 Å². The minimum absolute atomic E-state index is 0.0881. The molecule has 0 atom stereocenters. The first-order valence-electron chi connectivity index (χ1n) is 7.23. The summed E-state index contributed by atoms with van der Waals surface area (Å²) in [5, 5.41) is 6.79. The number of likely N-dealkylation sites (tertiary alicyclic amines) is 1. The van der Waals surface area contributed by atoms with Crippen LogP contribution < -0.4 is 5.73 Å². The molecule has 2 heterocycles. The number of rotatable bonds is 3. The van der Waals surface area contributed by atoms with Crippen molar-refractivity contribution in [2.75, 3.05) is 25.9 Å². The molecule has 0 aliphatic carbocycles. The Labute approximate surface area is 120 Å². The maximum atomic E-state index is 12.4. The molecule has 6 nitrogen and oxygen atoms in total. The number of nitrogens with two attached hydrogens (primary N) is 1. The van der Waals surface area contributed by atoms with Crippen molar-refractivity contribution in [3.63, 3.8) is 0 Å². The first kappa shape index (κ1) is 14.8. The van der Waals surface area contributed by atoms with Crippen molar-refractivity contribution in [2.24, 2.45) is 0 Å². The third kappa shape index (κ3) is 2.80. The number of aromatic nitrogens is 2. The lowest BCUT2D eigenvalue weighted by atomic mass is 10.0. The van der Waals surface area contributed by atoms with E-state index < -0.39 is 0 Å². The summed E-state index contributed by atoms with van der Waals surface area (Å²) in [6.45, 7) is 8.31. The van der Waals surface area contributed by atoms with Crippen molar-refractivity contribution >= 4 is 11.6 Å². The molecule has 0 bridgehead atoms. The molecule has 0 aromatic carbocycles. The molecule has 1 amide bonds. The van der Waals surface area contributed by atoms with Gasteiger partial charge >= 0.3 is 0 Å². The van der Waals surface area contributed by atoms with E-state index in [2.05, 4.69) is 28.9 Å². The van der Waals surface area contributed by atoms with Crippen LogP contribution in [-0.2, 0) is 0 Å². The summed E-state index contributed by atoms with van der Waals surface area (Å²) < 4.78 is 0. The molecule has 1 aromatic heterocycles. The van der Waals surface area contributed by atoms with Gasteiger partial charge in [0.25, 0.3) is 5.91 Å². The van der Waals surface area contributed by atoms with E-state index in [0.29, 0.717) is 17.4 Å². The van der Waals surface area contributed by atoms with Crippen LogP contribution in [0.2, 0.25) is 0 Å². The van der Waals surface area contributed by atoms with Gasteiger partial charge in [0.05, 0.1) is 11.4 Å². The van der Waals surface area contributed by atoms with E-state index in [1.54, 1.807) is 4.90 Å². The van der Waals surface area contributed by atoms with Gasteiger partial charge in [-0.2, -0.15) is 5.10 Å². The summed E-state index contributed by atoms with van der Waals surface area (Å²) in [5.74, 6) is -0.0881. The molecule has 1 aromatic rings. The molecule has 2 rings (SSSR count). The Morgan fingerprint density at radius 3 is 2.50 bits per heavy atom. The zero-order valence-electron chi connectivity index (χ0n) is 12.8. The van der Waals surface area contributed by atoms with Crippen LogP contribution >= 0.6 is 0 Å². The highest BCUT2D eigenvalue weighted by Gasteiger charge is 2.28. The number of piperidine rings is 1. The monoisotopic (exact) mass is 279 g/mol. The van der Waals surface area contributed by atoms with Crippen molar-refractivity contribution in [1.29, 1.82) is 0 Å². The van der Waals surface area contributed by atoms with Gasteiger partial charge < -0.3 is 15.5 Å². The number of aryl methyl sites for hydroxylation is 1. The number of carbonyl (C=O) groups is 1. The Kier molecular flexibility index (Phi) is 4.32. The van der Waals surface area contributed by atoms with Crippen LogP contribution in [0.25, 0.3) is 0 Å². The summed E-state index contributed by atoms with van der Waals surface area (Å²) in [6, 6.07) is 0.843. The van der Waals surface area contributed by atoms with E-state index in [4.69, 9.17) is 5.73 Å². The molecule has 0 spiro atoms. The molecule has 1 saturated heterocycles. The Bertz CT molecular complexity index is 474. The number of anilines is 1.